The molecule has 8 nitrogen and oxygen atoms in total. The van der Waals surface area contributed by atoms with Gasteiger partial charge in [0.15, 0.2) is 0 Å². The molecule has 9 heteroatoms. The van der Waals surface area contributed by atoms with Crippen LogP contribution in [-0.4, -0.2) is 28.6 Å². The summed E-state index contributed by atoms with van der Waals surface area (Å²) in [7, 11) is 0. The SMILES string of the molecule is O=C([O-])CC(O)(CC(=O)[O-])C(=O)[O-].[Ce].[NH4+]. The molecule has 0 aliphatic heterocycles. The Labute approximate surface area is 118 Å². The molecule has 15 heavy (non-hydrogen) atoms. The van der Waals surface area contributed by atoms with Crippen molar-refractivity contribution in [3.05, 3.63) is 0 Å². The van der Waals surface area contributed by atoms with E-state index in [1.807, 2.05) is 0 Å². The van der Waals surface area contributed by atoms with Crippen molar-refractivity contribution < 1.29 is 76.6 Å². The molecule has 86 valence electrons. The number of carbonyl (C=O) groups is 3. The Morgan fingerprint density at radius 3 is 1.40 bits per heavy atom. The molecule has 0 fully saturated rings. The molecule has 0 saturated heterocycles. The fourth-order valence-corrected chi connectivity index (χ4v) is 0.684. The molecule has 5 N–H and O–H groups in total. The number of hydrogen-bond donors (Lipinski definition) is 2. The molecular weight excluding hydrogens is 338 g/mol. The topological polar surface area (TPSA) is 177 Å². The first-order valence-corrected chi connectivity index (χ1v) is 3.11. The monoisotopic (exact) mass is 347 g/mol. The summed E-state index contributed by atoms with van der Waals surface area (Å²) in [5, 5.41) is 38.9. The van der Waals surface area contributed by atoms with Crippen molar-refractivity contribution in [1.82, 2.24) is 6.15 Å². The van der Waals surface area contributed by atoms with Crippen LogP contribution < -0.4 is 21.5 Å². The van der Waals surface area contributed by atoms with E-state index in [2.05, 4.69) is 0 Å². The molecule has 0 bridgehead atoms. The maximum Gasteiger partial charge on any atom is 0.114 e. The number of rotatable bonds is 5. The van der Waals surface area contributed by atoms with Gasteiger partial charge in [-0.15, -0.1) is 0 Å². The van der Waals surface area contributed by atoms with Gasteiger partial charge in [0.1, 0.15) is 5.60 Å². The van der Waals surface area contributed by atoms with Crippen LogP contribution in [0.15, 0.2) is 0 Å². The second-order valence-corrected chi connectivity index (χ2v) is 2.42. The van der Waals surface area contributed by atoms with Crippen LogP contribution in [0.3, 0.4) is 0 Å². The fourth-order valence-electron chi connectivity index (χ4n) is 0.684. The molecular formula is C6H9CeNO7-2. The summed E-state index contributed by atoms with van der Waals surface area (Å²) in [4.78, 5) is 30.0. The van der Waals surface area contributed by atoms with Gasteiger partial charge in [0.2, 0.25) is 0 Å². The number of aliphatic carboxylic acids is 3. The summed E-state index contributed by atoms with van der Waals surface area (Å²) in [6, 6.07) is 0. The van der Waals surface area contributed by atoms with Crippen LogP contribution >= 0.6 is 0 Å². The molecule has 0 rings (SSSR count). The summed E-state index contributed by atoms with van der Waals surface area (Å²) < 4.78 is 0. The van der Waals surface area contributed by atoms with E-state index < -0.39 is 36.4 Å². The smallest absolute Gasteiger partial charge is 0.114 e. The van der Waals surface area contributed by atoms with E-state index in [-0.39, 0.29) is 47.9 Å². The Balaban J connectivity index is -0.000000720. The predicted molar refractivity (Wildman–Crippen MR) is 35.2 cm³/mol. The van der Waals surface area contributed by atoms with Crippen LogP contribution in [0.1, 0.15) is 12.8 Å². The molecule has 0 aromatic rings. The second kappa shape index (κ2) is 7.93. The first-order valence-electron chi connectivity index (χ1n) is 3.11. The Morgan fingerprint density at radius 1 is 1.00 bits per heavy atom. The first kappa shape index (κ1) is 20.2. The van der Waals surface area contributed by atoms with Crippen LogP contribution in [-0.2, 0) is 14.4 Å². The zero-order valence-corrected chi connectivity index (χ0v) is 11.0. The van der Waals surface area contributed by atoms with Gasteiger partial charge in [-0.2, -0.15) is 0 Å². The third-order valence-corrected chi connectivity index (χ3v) is 1.25. The van der Waals surface area contributed by atoms with Crippen LogP contribution in [0.4, 0.5) is 0 Å². The molecule has 0 aliphatic rings. The normalized spacial score (nSPS) is 9.40. The Hall–Kier alpha value is -0.293. The van der Waals surface area contributed by atoms with Crippen molar-refractivity contribution in [2.24, 2.45) is 0 Å². The minimum atomic E-state index is -2.97. The minimum Gasteiger partial charge on any atom is -0.550 e. The van der Waals surface area contributed by atoms with Gasteiger partial charge in [0.25, 0.3) is 0 Å². The van der Waals surface area contributed by atoms with E-state index in [1.54, 1.807) is 0 Å². The van der Waals surface area contributed by atoms with Gasteiger partial charge in [-0.05, 0) is 0 Å². The maximum atomic E-state index is 10.1. The second-order valence-electron chi connectivity index (χ2n) is 2.42. The van der Waals surface area contributed by atoms with Crippen molar-refractivity contribution in [2.45, 2.75) is 18.4 Å². The van der Waals surface area contributed by atoms with Crippen molar-refractivity contribution in [1.29, 1.82) is 0 Å². The largest absolute Gasteiger partial charge is 0.550 e. The van der Waals surface area contributed by atoms with Crippen LogP contribution in [0, 0.1) is 41.7 Å². The van der Waals surface area contributed by atoms with Gasteiger partial charge in [-0.3, -0.25) is 0 Å². The zero-order valence-electron chi connectivity index (χ0n) is 7.81. The summed E-state index contributed by atoms with van der Waals surface area (Å²) in [5.74, 6) is -5.98. The van der Waals surface area contributed by atoms with Gasteiger partial charge in [0.05, 0.1) is 5.97 Å². The molecule has 0 heterocycles. The Morgan fingerprint density at radius 2 is 1.27 bits per heavy atom. The summed E-state index contributed by atoms with van der Waals surface area (Å²) >= 11 is 0. The molecule has 0 aromatic heterocycles. The van der Waals surface area contributed by atoms with E-state index in [1.165, 1.54) is 0 Å². The average Bonchev–Trinajstić information content (AvgIpc) is 1.82. The molecule has 0 aliphatic carbocycles. The molecule has 0 saturated carbocycles. The fraction of sp³-hybridized carbons (Fsp3) is 0.500. The van der Waals surface area contributed by atoms with E-state index in [0.29, 0.717) is 0 Å². The minimum absolute atomic E-state index is 0. The summed E-state index contributed by atoms with van der Waals surface area (Å²) in [5.41, 5.74) is -2.97. The van der Waals surface area contributed by atoms with Crippen LogP contribution in [0.25, 0.3) is 0 Å². The molecule has 0 amide bonds. The number of hydrogen-bond acceptors (Lipinski definition) is 7. The van der Waals surface area contributed by atoms with Crippen LogP contribution in [0.5, 0.6) is 0 Å². The van der Waals surface area contributed by atoms with E-state index in [9.17, 15) is 29.7 Å². The molecule has 0 atom stereocenters. The van der Waals surface area contributed by atoms with E-state index >= 15 is 0 Å². The van der Waals surface area contributed by atoms with Gasteiger partial charge >= 0.3 is 0 Å². The number of aliphatic hydroxyl groups is 1. The van der Waals surface area contributed by atoms with E-state index in [4.69, 9.17) is 5.11 Å². The average molecular weight is 347 g/mol. The zero-order chi connectivity index (χ0) is 10.6. The van der Waals surface area contributed by atoms with Gasteiger partial charge in [-0.1, -0.05) is 0 Å². The number of carboxylic acids is 3. The Kier molecular flexibility index (Phi) is 10.7. The van der Waals surface area contributed by atoms with Gasteiger partial charge in [0, 0.05) is 66.5 Å². The van der Waals surface area contributed by atoms with E-state index in [0.717, 1.165) is 0 Å². The molecule has 0 radical (unpaired) electrons. The standard InChI is InChI=1S/C6H8O7.Ce.H3N/c7-3(8)1-6(13,5(11)12)2-4(9)10;;/h13H,1-2H2,(H,7,8)(H,9,10)(H,11,12);;1H3/p-2. The van der Waals surface area contributed by atoms with Crippen LogP contribution in [0.2, 0.25) is 0 Å². The molecule has 0 unspecified atom stereocenters. The number of carbonyl (C=O) groups excluding carboxylic acids is 3. The quantitative estimate of drug-likeness (QED) is 0.500. The van der Waals surface area contributed by atoms with Crippen molar-refractivity contribution >= 4 is 17.9 Å². The third-order valence-electron chi connectivity index (χ3n) is 1.25. The van der Waals surface area contributed by atoms with Gasteiger partial charge in [-0.25, -0.2) is 0 Å². The summed E-state index contributed by atoms with van der Waals surface area (Å²) in [6.45, 7) is 0. The van der Waals surface area contributed by atoms with Crippen molar-refractivity contribution in [3.63, 3.8) is 0 Å². The molecule has 0 spiro atoms. The number of carboxylic acid groups (broad SMARTS) is 3. The molecule has 0 aromatic carbocycles. The summed E-state index contributed by atoms with van der Waals surface area (Å²) in [6.07, 6.45) is -2.72. The number of quaternary nitrogens is 1. The van der Waals surface area contributed by atoms with Crippen molar-refractivity contribution in [3.8, 4) is 0 Å². The predicted octanol–water partition coefficient (Wildman–Crippen LogP) is -4.88. The van der Waals surface area contributed by atoms with Gasteiger partial charge < -0.3 is 41.0 Å². The Bertz CT molecular complexity index is 238. The third kappa shape index (κ3) is 7.61. The first-order chi connectivity index (χ1) is 5.78. The van der Waals surface area contributed by atoms with Crippen molar-refractivity contribution in [2.75, 3.05) is 0 Å². The maximum absolute atomic E-state index is 10.1.